The highest BCUT2D eigenvalue weighted by Crippen LogP contribution is 2.45. The second-order valence-corrected chi connectivity index (χ2v) is 15.7. The summed E-state index contributed by atoms with van der Waals surface area (Å²) in [6.07, 6.45) is 0.812. The number of nitrogens with one attached hydrogen (secondary N) is 3. The summed E-state index contributed by atoms with van der Waals surface area (Å²) >= 11 is 0. The Labute approximate surface area is 284 Å². The van der Waals surface area contributed by atoms with Crippen molar-refractivity contribution < 1.29 is 46.9 Å². The normalized spacial score (nSPS) is 24.7. The van der Waals surface area contributed by atoms with Gasteiger partial charge in [-0.3, -0.25) is 19.1 Å². The van der Waals surface area contributed by atoms with Crippen LogP contribution in [-0.2, 0) is 29.1 Å². The van der Waals surface area contributed by atoms with E-state index in [2.05, 4.69) is 26.9 Å². The average Bonchev–Trinajstić information content (AvgIpc) is 3.95. The number of amides is 4. The number of aliphatic hydroxyl groups is 1. The molecule has 0 radical (unpaired) electrons. The standard InChI is InChI=1S/C33H43N5O10S/c1-7-20-16-33(20,30(42)37-49(44,45)23-9-10-23)36-27(40)25-15-22(47-28-24-11-8-21(46-6)14-19(24)12-13-34-28)17-38(25)29(41)26(18(2)39)35-31(43)48-32(3,4)5/h7-8,11-14,18,20,22-23,25-26,39H,1,9-10,15-17H2,2-6H3,(H,35,43)(H,36,40)(H,37,42)/t18-,20+,22+,25-,26?,33+/m0/s1. The third kappa shape index (κ3) is 7.90. The minimum absolute atomic E-state index is 0.0540. The second kappa shape index (κ2) is 13.5. The average molecular weight is 702 g/mol. The fourth-order valence-corrected chi connectivity index (χ4v) is 7.27. The predicted molar refractivity (Wildman–Crippen MR) is 177 cm³/mol. The van der Waals surface area contributed by atoms with Crippen molar-refractivity contribution in [2.45, 2.75) is 94.1 Å². The van der Waals surface area contributed by atoms with Crippen molar-refractivity contribution in [3.8, 4) is 11.6 Å². The monoisotopic (exact) mass is 701 g/mol. The van der Waals surface area contributed by atoms with Gasteiger partial charge in [0, 0.05) is 23.9 Å². The van der Waals surface area contributed by atoms with Gasteiger partial charge in [-0.25, -0.2) is 18.2 Å². The van der Waals surface area contributed by atoms with Crippen LogP contribution in [0.5, 0.6) is 11.6 Å². The zero-order valence-corrected chi connectivity index (χ0v) is 28.9. The van der Waals surface area contributed by atoms with Crippen LogP contribution in [0, 0.1) is 5.92 Å². The number of hydrogen-bond acceptors (Lipinski definition) is 11. The van der Waals surface area contributed by atoms with Crippen molar-refractivity contribution in [3.05, 3.63) is 43.1 Å². The Kier molecular flexibility index (Phi) is 9.85. The van der Waals surface area contributed by atoms with Gasteiger partial charge in [-0.05, 0) is 76.6 Å². The lowest BCUT2D eigenvalue weighted by atomic mass is 10.1. The molecule has 2 heterocycles. The van der Waals surface area contributed by atoms with Gasteiger partial charge in [-0.15, -0.1) is 6.58 Å². The number of aromatic nitrogens is 1. The van der Waals surface area contributed by atoms with Crippen LogP contribution in [0.15, 0.2) is 43.1 Å². The van der Waals surface area contributed by atoms with Gasteiger partial charge >= 0.3 is 6.09 Å². The summed E-state index contributed by atoms with van der Waals surface area (Å²) in [6, 6.07) is 4.35. The van der Waals surface area contributed by atoms with Gasteiger partial charge in [-0.1, -0.05) is 6.08 Å². The zero-order chi connectivity index (χ0) is 35.9. The molecule has 3 aliphatic rings. The van der Waals surface area contributed by atoms with Crippen LogP contribution in [0.25, 0.3) is 10.8 Å². The minimum atomic E-state index is -3.92. The van der Waals surface area contributed by atoms with Crippen LogP contribution in [0.1, 0.15) is 53.4 Å². The van der Waals surface area contributed by atoms with Gasteiger partial charge in [-0.2, -0.15) is 0 Å². The van der Waals surface area contributed by atoms with Gasteiger partial charge in [0.1, 0.15) is 35.1 Å². The molecule has 266 valence electrons. The third-order valence-corrected chi connectivity index (χ3v) is 10.6. The number of ether oxygens (including phenoxy) is 3. The van der Waals surface area contributed by atoms with Crippen LogP contribution < -0.4 is 24.8 Å². The molecule has 49 heavy (non-hydrogen) atoms. The minimum Gasteiger partial charge on any atom is -0.497 e. The van der Waals surface area contributed by atoms with Crippen LogP contribution in [-0.4, -0.2) is 102 Å². The van der Waals surface area contributed by atoms with Crippen LogP contribution >= 0.6 is 0 Å². The van der Waals surface area contributed by atoms with Crippen molar-refractivity contribution in [1.82, 2.24) is 25.2 Å². The molecule has 1 unspecified atom stereocenters. The van der Waals surface area contributed by atoms with Crippen molar-refractivity contribution in [3.63, 3.8) is 0 Å². The summed E-state index contributed by atoms with van der Waals surface area (Å²) in [6.45, 7) is 9.81. The third-order valence-electron chi connectivity index (χ3n) is 8.73. The molecule has 0 bridgehead atoms. The predicted octanol–water partition coefficient (Wildman–Crippen LogP) is 1.54. The van der Waals surface area contributed by atoms with Gasteiger partial charge in [0.15, 0.2) is 0 Å². The van der Waals surface area contributed by atoms with E-state index in [1.807, 2.05) is 0 Å². The van der Waals surface area contributed by atoms with E-state index in [0.717, 1.165) is 5.39 Å². The number of nitrogens with zero attached hydrogens (tertiary/aromatic N) is 2. The molecule has 0 spiro atoms. The second-order valence-electron chi connectivity index (χ2n) is 13.7. The summed E-state index contributed by atoms with van der Waals surface area (Å²) in [5.41, 5.74) is -2.49. The van der Waals surface area contributed by atoms with Crippen molar-refractivity contribution in [2.75, 3.05) is 13.7 Å². The molecule has 2 saturated carbocycles. The molecule has 1 aromatic carbocycles. The molecular formula is C33H43N5O10S. The van der Waals surface area contributed by atoms with E-state index in [1.165, 1.54) is 17.9 Å². The highest BCUT2D eigenvalue weighted by molar-refractivity contribution is 7.91. The summed E-state index contributed by atoms with van der Waals surface area (Å²) < 4.78 is 44.2. The molecule has 2 aliphatic carbocycles. The van der Waals surface area contributed by atoms with Gasteiger partial charge < -0.3 is 34.9 Å². The Bertz CT molecular complexity index is 1760. The number of pyridine rings is 1. The molecule has 6 atom stereocenters. The molecule has 4 N–H and O–H groups in total. The number of sulfonamides is 1. The lowest BCUT2D eigenvalue weighted by Gasteiger charge is -2.31. The molecule has 1 saturated heterocycles. The number of alkyl carbamates (subject to hydrolysis) is 1. The Morgan fingerprint density at radius 2 is 1.90 bits per heavy atom. The Morgan fingerprint density at radius 1 is 1.18 bits per heavy atom. The Hall–Kier alpha value is -4.44. The molecule has 16 heteroatoms. The van der Waals surface area contributed by atoms with Gasteiger partial charge in [0.05, 0.1) is 25.0 Å². The number of methoxy groups -OCH3 is 1. The molecular weight excluding hydrogens is 658 g/mol. The van der Waals surface area contributed by atoms with Crippen LogP contribution in [0.2, 0.25) is 0 Å². The number of fused-ring (bicyclic) bond motifs is 1. The quantitative estimate of drug-likeness (QED) is 0.234. The highest BCUT2D eigenvalue weighted by atomic mass is 32.2. The van der Waals surface area contributed by atoms with Crippen LogP contribution in [0.3, 0.4) is 0 Å². The molecule has 2 aromatic rings. The molecule has 15 nitrogen and oxygen atoms in total. The largest absolute Gasteiger partial charge is 0.497 e. The smallest absolute Gasteiger partial charge is 0.408 e. The molecule has 3 fully saturated rings. The van der Waals surface area contributed by atoms with E-state index in [1.54, 1.807) is 58.3 Å². The van der Waals surface area contributed by atoms with E-state index in [0.29, 0.717) is 24.0 Å². The molecule has 1 aliphatic heterocycles. The maximum absolute atomic E-state index is 14.0. The summed E-state index contributed by atoms with van der Waals surface area (Å²) in [7, 11) is -2.37. The first kappa shape index (κ1) is 35.9. The number of likely N-dealkylation sites (tertiary alicyclic amines) is 1. The first-order valence-corrected chi connectivity index (χ1v) is 17.6. The maximum Gasteiger partial charge on any atom is 0.408 e. The SMILES string of the molecule is C=C[C@@H]1C[C@]1(NC(=O)[C@@H]1C[C@@H](Oc2nccc3cc(OC)ccc23)CN1C(=O)C(NC(=O)OC(C)(C)C)[C@H](C)O)C(=O)NS(=O)(=O)C1CC1. The summed E-state index contributed by atoms with van der Waals surface area (Å²) in [5.74, 6) is -2.12. The first-order valence-electron chi connectivity index (χ1n) is 16.1. The highest BCUT2D eigenvalue weighted by Gasteiger charge is 2.62. The summed E-state index contributed by atoms with van der Waals surface area (Å²) in [4.78, 5) is 59.6. The number of carbonyl (C=O) groups is 4. The first-order chi connectivity index (χ1) is 23.0. The number of aliphatic hydroxyl groups excluding tert-OH is 1. The van der Waals surface area contributed by atoms with Crippen molar-refractivity contribution in [1.29, 1.82) is 0 Å². The number of benzene rings is 1. The molecule has 1 aromatic heterocycles. The number of rotatable bonds is 12. The lowest BCUT2D eigenvalue weighted by molar-refractivity contribution is -0.142. The fraction of sp³-hybridized carbons (Fsp3) is 0.545. The van der Waals surface area contributed by atoms with E-state index < -0.39 is 80.4 Å². The fourth-order valence-electron chi connectivity index (χ4n) is 5.90. The summed E-state index contributed by atoms with van der Waals surface area (Å²) in [5, 5.41) is 16.5. The van der Waals surface area contributed by atoms with E-state index in [9.17, 15) is 32.7 Å². The Balaban J connectivity index is 1.42. The number of carbonyl (C=O) groups excluding carboxylic acids is 4. The number of hydrogen-bond donors (Lipinski definition) is 4. The zero-order valence-electron chi connectivity index (χ0n) is 28.1. The van der Waals surface area contributed by atoms with E-state index >= 15 is 0 Å². The Morgan fingerprint density at radius 3 is 2.49 bits per heavy atom. The molecule has 5 rings (SSSR count). The maximum atomic E-state index is 14.0. The van der Waals surface area contributed by atoms with Crippen molar-refractivity contribution in [2.24, 2.45) is 5.92 Å². The topological polar surface area (TPSA) is 203 Å². The van der Waals surface area contributed by atoms with Crippen molar-refractivity contribution >= 4 is 44.6 Å². The molecule has 4 amide bonds. The van der Waals surface area contributed by atoms with Gasteiger partial charge in [0.2, 0.25) is 27.7 Å². The lowest BCUT2D eigenvalue weighted by Crippen LogP contribution is -2.60. The van der Waals surface area contributed by atoms with Crippen LogP contribution in [0.4, 0.5) is 4.79 Å². The van der Waals surface area contributed by atoms with Gasteiger partial charge in [0.25, 0.3) is 5.91 Å². The van der Waals surface area contributed by atoms with E-state index in [-0.39, 0.29) is 25.3 Å². The van der Waals surface area contributed by atoms with E-state index in [4.69, 9.17) is 14.2 Å².